The van der Waals surface area contributed by atoms with Crippen LogP contribution >= 0.6 is 0 Å². The van der Waals surface area contributed by atoms with E-state index in [0.717, 1.165) is 17.7 Å². The first-order valence-electron chi connectivity index (χ1n) is 8.04. The molecule has 0 spiro atoms. The van der Waals surface area contributed by atoms with Gasteiger partial charge in [-0.3, -0.25) is 15.3 Å². The summed E-state index contributed by atoms with van der Waals surface area (Å²) in [5.74, 6) is 5.49. The molecule has 2 rings (SSSR count). The van der Waals surface area contributed by atoms with Crippen molar-refractivity contribution in [2.75, 3.05) is 6.61 Å². The summed E-state index contributed by atoms with van der Waals surface area (Å²) in [6.45, 7) is 2.89. The fourth-order valence-corrected chi connectivity index (χ4v) is 2.35. The second kappa shape index (κ2) is 8.95. The van der Waals surface area contributed by atoms with Crippen LogP contribution in [0.2, 0.25) is 0 Å². The molecule has 124 valence electrons. The van der Waals surface area contributed by atoms with Gasteiger partial charge in [-0.2, -0.15) is 5.10 Å². The monoisotopic (exact) mass is 316 g/mol. The van der Waals surface area contributed by atoms with Crippen LogP contribution in [0.4, 0.5) is 0 Å². The molecule has 23 heavy (non-hydrogen) atoms. The molecule has 0 atom stereocenters. The number of nitrogen functional groups attached to an aromatic ring is 1. The smallest absolute Gasteiger partial charge is 0.283 e. The van der Waals surface area contributed by atoms with Gasteiger partial charge in [0.15, 0.2) is 0 Å². The van der Waals surface area contributed by atoms with Crippen molar-refractivity contribution >= 4 is 5.91 Å². The Balaban J connectivity index is 2.00. The first-order chi connectivity index (χ1) is 11.3. The molecule has 0 fully saturated rings. The van der Waals surface area contributed by atoms with E-state index in [-0.39, 0.29) is 0 Å². The Morgan fingerprint density at radius 2 is 2.04 bits per heavy atom. The molecule has 0 unspecified atom stereocenters. The third-order valence-corrected chi connectivity index (χ3v) is 3.62. The van der Waals surface area contributed by atoms with Gasteiger partial charge in [-0.15, -0.1) is 0 Å². The van der Waals surface area contributed by atoms with Gasteiger partial charge in [-0.1, -0.05) is 44.7 Å². The summed E-state index contributed by atoms with van der Waals surface area (Å²) in [5, 5.41) is 6.84. The van der Waals surface area contributed by atoms with E-state index >= 15 is 0 Å². The van der Waals surface area contributed by atoms with Gasteiger partial charge in [0.05, 0.1) is 12.3 Å². The van der Waals surface area contributed by atoms with Crippen molar-refractivity contribution in [2.45, 2.75) is 39.0 Å². The van der Waals surface area contributed by atoms with Crippen LogP contribution in [0.3, 0.4) is 0 Å². The van der Waals surface area contributed by atoms with E-state index in [1.165, 1.54) is 25.7 Å². The highest BCUT2D eigenvalue weighted by Crippen LogP contribution is 2.28. The second-order valence-electron chi connectivity index (χ2n) is 5.40. The van der Waals surface area contributed by atoms with Gasteiger partial charge in [0.2, 0.25) is 0 Å². The fraction of sp³-hybridized carbons (Fsp3) is 0.412. The SMILES string of the molecule is CCCCCCCOc1ccccc1-c1cc(C(=O)NN)[nH]n1. The zero-order chi connectivity index (χ0) is 16.5. The molecule has 6 nitrogen and oxygen atoms in total. The number of carbonyl (C=O) groups is 1. The fourth-order valence-electron chi connectivity index (χ4n) is 2.35. The number of hydrogen-bond acceptors (Lipinski definition) is 4. The number of rotatable bonds is 9. The molecule has 1 aromatic heterocycles. The number of hydrogen-bond donors (Lipinski definition) is 3. The van der Waals surface area contributed by atoms with Gasteiger partial charge in [0.1, 0.15) is 11.4 Å². The number of amides is 1. The lowest BCUT2D eigenvalue weighted by molar-refractivity contribution is 0.0948. The molecule has 4 N–H and O–H groups in total. The predicted octanol–water partition coefficient (Wildman–Crippen LogP) is 3.03. The number of ether oxygens (including phenoxy) is 1. The lowest BCUT2D eigenvalue weighted by atomic mass is 10.1. The van der Waals surface area contributed by atoms with Crippen molar-refractivity contribution < 1.29 is 9.53 Å². The summed E-state index contributed by atoms with van der Waals surface area (Å²) in [6.07, 6.45) is 5.98. The maximum atomic E-state index is 11.5. The van der Waals surface area contributed by atoms with Crippen molar-refractivity contribution in [3.05, 3.63) is 36.0 Å². The van der Waals surface area contributed by atoms with Gasteiger partial charge >= 0.3 is 0 Å². The number of carbonyl (C=O) groups excluding carboxylic acids is 1. The molecule has 6 heteroatoms. The number of aromatic amines is 1. The van der Waals surface area contributed by atoms with E-state index in [9.17, 15) is 4.79 Å². The minimum absolute atomic E-state index is 0.317. The Morgan fingerprint density at radius 1 is 1.26 bits per heavy atom. The average molecular weight is 316 g/mol. The quantitative estimate of drug-likeness (QED) is 0.287. The van der Waals surface area contributed by atoms with Crippen LogP contribution < -0.4 is 16.0 Å². The predicted molar refractivity (Wildman–Crippen MR) is 89.9 cm³/mol. The summed E-state index contributed by atoms with van der Waals surface area (Å²) >= 11 is 0. The summed E-state index contributed by atoms with van der Waals surface area (Å²) in [5.41, 5.74) is 3.91. The minimum Gasteiger partial charge on any atom is -0.493 e. The van der Waals surface area contributed by atoms with Crippen LogP contribution in [0, 0.1) is 0 Å². The van der Waals surface area contributed by atoms with E-state index in [2.05, 4.69) is 22.5 Å². The number of nitrogens with zero attached hydrogens (tertiary/aromatic N) is 1. The second-order valence-corrected chi connectivity index (χ2v) is 5.40. The molecule has 0 aliphatic heterocycles. The van der Waals surface area contributed by atoms with E-state index in [1.54, 1.807) is 6.07 Å². The zero-order valence-corrected chi connectivity index (χ0v) is 13.5. The van der Waals surface area contributed by atoms with Crippen LogP contribution in [0.25, 0.3) is 11.3 Å². The molecule has 0 aliphatic rings. The third-order valence-electron chi connectivity index (χ3n) is 3.62. The van der Waals surface area contributed by atoms with Gasteiger partial charge in [-0.25, -0.2) is 5.84 Å². The largest absolute Gasteiger partial charge is 0.493 e. The molecule has 1 heterocycles. The van der Waals surface area contributed by atoms with Gasteiger partial charge in [0, 0.05) is 5.56 Å². The van der Waals surface area contributed by atoms with E-state index in [1.807, 2.05) is 24.3 Å². The molecule has 0 radical (unpaired) electrons. The number of benzene rings is 1. The molecule has 0 bridgehead atoms. The Bertz CT molecular complexity index is 625. The molecule has 0 saturated heterocycles. The summed E-state index contributed by atoms with van der Waals surface area (Å²) in [6, 6.07) is 9.34. The Kier molecular flexibility index (Phi) is 6.62. The lowest BCUT2D eigenvalue weighted by Crippen LogP contribution is -2.30. The van der Waals surface area contributed by atoms with Crippen molar-refractivity contribution in [1.29, 1.82) is 0 Å². The van der Waals surface area contributed by atoms with E-state index < -0.39 is 5.91 Å². The summed E-state index contributed by atoms with van der Waals surface area (Å²) in [4.78, 5) is 11.5. The molecule has 1 amide bonds. The van der Waals surface area contributed by atoms with Crippen molar-refractivity contribution in [3.8, 4) is 17.0 Å². The minimum atomic E-state index is -0.405. The number of unbranched alkanes of at least 4 members (excludes halogenated alkanes) is 4. The highest BCUT2D eigenvalue weighted by molar-refractivity contribution is 5.93. The third kappa shape index (κ3) is 4.82. The van der Waals surface area contributed by atoms with E-state index in [0.29, 0.717) is 18.0 Å². The van der Waals surface area contributed by atoms with Crippen LogP contribution in [0.5, 0.6) is 5.75 Å². The van der Waals surface area contributed by atoms with E-state index in [4.69, 9.17) is 10.6 Å². The first kappa shape index (κ1) is 17.0. The van der Waals surface area contributed by atoms with Crippen LogP contribution in [0.1, 0.15) is 49.5 Å². The average Bonchev–Trinajstić information content (AvgIpc) is 3.07. The van der Waals surface area contributed by atoms with Crippen molar-refractivity contribution in [1.82, 2.24) is 15.6 Å². The summed E-state index contributed by atoms with van der Waals surface area (Å²) < 4.78 is 5.89. The lowest BCUT2D eigenvalue weighted by Gasteiger charge is -2.09. The van der Waals surface area contributed by atoms with Crippen molar-refractivity contribution in [3.63, 3.8) is 0 Å². The highest BCUT2D eigenvalue weighted by Gasteiger charge is 2.13. The molecular weight excluding hydrogens is 292 g/mol. The van der Waals surface area contributed by atoms with Gasteiger partial charge in [-0.05, 0) is 24.6 Å². The number of nitrogens with one attached hydrogen (secondary N) is 2. The maximum Gasteiger partial charge on any atom is 0.283 e. The maximum absolute atomic E-state index is 11.5. The van der Waals surface area contributed by atoms with Crippen molar-refractivity contribution in [2.24, 2.45) is 5.84 Å². The standard InChI is InChI=1S/C17H24N4O2/c1-2-3-4-5-8-11-23-16-10-7-6-9-13(16)14-12-15(21-20-14)17(22)19-18/h6-7,9-10,12H,2-5,8,11,18H2,1H3,(H,19,22)(H,20,21). The molecule has 2 aromatic rings. The van der Waals surface area contributed by atoms with Crippen LogP contribution in [0.15, 0.2) is 30.3 Å². The van der Waals surface area contributed by atoms with Crippen LogP contribution in [-0.2, 0) is 0 Å². The Hall–Kier alpha value is -2.34. The van der Waals surface area contributed by atoms with Gasteiger partial charge in [0.25, 0.3) is 5.91 Å². The first-order valence-corrected chi connectivity index (χ1v) is 8.04. The Labute approximate surface area is 136 Å². The van der Waals surface area contributed by atoms with Gasteiger partial charge < -0.3 is 4.74 Å². The normalized spacial score (nSPS) is 10.5. The number of aromatic nitrogens is 2. The number of H-pyrrole nitrogens is 1. The highest BCUT2D eigenvalue weighted by atomic mass is 16.5. The zero-order valence-electron chi connectivity index (χ0n) is 13.5. The number of hydrazine groups is 1. The topological polar surface area (TPSA) is 93.0 Å². The van der Waals surface area contributed by atoms with Crippen LogP contribution in [-0.4, -0.2) is 22.7 Å². The summed E-state index contributed by atoms with van der Waals surface area (Å²) in [7, 11) is 0. The molecule has 0 aliphatic carbocycles. The molecule has 0 saturated carbocycles. The number of para-hydroxylation sites is 1. The molecular formula is C17H24N4O2. The number of nitrogens with two attached hydrogens (primary N) is 1. The Morgan fingerprint density at radius 3 is 2.83 bits per heavy atom. The molecule has 1 aromatic carbocycles.